The lowest BCUT2D eigenvalue weighted by Gasteiger charge is -2.11. The molecule has 0 aliphatic rings. The number of nitro groups is 1. The van der Waals surface area contributed by atoms with Crippen LogP contribution in [0.3, 0.4) is 0 Å². The Bertz CT molecular complexity index is 794. The van der Waals surface area contributed by atoms with Crippen LogP contribution < -0.4 is 0 Å². The van der Waals surface area contributed by atoms with Crippen LogP contribution >= 0.6 is 23.2 Å². The van der Waals surface area contributed by atoms with Crippen LogP contribution in [0, 0.1) is 10.1 Å². The number of sulfone groups is 1. The fourth-order valence-corrected chi connectivity index (χ4v) is 4.23. The zero-order valence-electron chi connectivity index (χ0n) is 11.1. The van der Waals surface area contributed by atoms with Crippen LogP contribution in [0.5, 0.6) is 0 Å². The van der Waals surface area contributed by atoms with E-state index < -0.39 is 31.6 Å². The zero-order valence-corrected chi connectivity index (χ0v) is 13.5. The van der Waals surface area contributed by atoms with Crippen molar-refractivity contribution in [1.82, 2.24) is 0 Å². The fourth-order valence-electron chi connectivity index (χ4n) is 1.94. The maximum atomic E-state index is 12.4. The lowest BCUT2D eigenvalue weighted by atomic mass is 10.2. The molecule has 1 unspecified atom stereocenters. The van der Waals surface area contributed by atoms with E-state index in [1.54, 1.807) is 30.3 Å². The van der Waals surface area contributed by atoms with Crippen molar-refractivity contribution in [1.29, 1.82) is 0 Å². The highest BCUT2D eigenvalue weighted by Gasteiger charge is 2.28. The van der Waals surface area contributed by atoms with E-state index in [2.05, 4.69) is 0 Å². The largest absolute Gasteiger partial charge is 0.289 e. The van der Waals surface area contributed by atoms with Crippen molar-refractivity contribution in [2.45, 2.75) is 10.3 Å². The zero-order chi connectivity index (χ0) is 16.3. The minimum Gasteiger partial charge on any atom is -0.258 e. The van der Waals surface area contributed by atoms with E-state index in [1.807, 2.05) is 0 Å². The maximum Gasteiger partial charge on any atom is 0.289 e. The van der Waals surface area contributed by atoms with Crippen LogP contribution in [0.15, 0.2) is 53.4 Å². The first-order valence-corrected chi connectivity index (χ1v) is 8.63. The van der Waals surface area contributed by atoms with Crippen LogP contribution in [-0.2, 0) is 9.84 Å². The molecule has 0 saturated carbocycles. The number of nitrogens with zero attached hydrogens (tertiary/aromatic N) is 1. The molecule has 22 heavy (non-hydrogen) atoms. The Hall–Kier alpha value is -1.63. The van der Waals surface area contributed by atoms with Crippen molar-refractivity contribution < 1.29 is 13.3 Å². The minimum atomic E-state index is -3.93. The molecule has 0 spiro atoms. The predicted octanol–water partition coefficient (Wildman–Crippen LogP) is 4.00. The average molecular weight is 360 g/mol. The molecule has 8 heteroatoms. The molecule has 2 aromatic rings. The van der Waals surface area contributed by atoms with E-state index in [0.29, 0.717) is 5.56 Å². The van der Waals surface area contributed by atoms with Gasteiger partial charge in [-0.3, -0.25) is 10.1 Å². The molecule has 0 radical (unpaired) electrons. The van der Waals surface area contributed by atoms with Gasteiger partial charge in [-0.2, -0.15) is 0 Å². The van der Waals surface area contributed by atoms with Gasteiger partial charge in [0.1, 0.15) is 4.90 Å². The second kappa shape index (κ2) is 6.64. The molecule has 2 rings (SSSR count). The first-order chi connectivity index (χ1) is 10.3. The van der Waals surface area contributed by atoms with Crippen LogP contribution in [0.4, 0.5) is 5.69 Å². The summed E-state index contributed by atoms with van der Waals surface area (Å²) in [6.45, 7) is 0. The Morgan fingerprint density at radius 2 is 1.77 bits per heavy atom. The summed E-state index contributed by atoms with van der Waals surface area (Å²) >= 11 is 11.8. The third-order valence-electron chi connectivity index (χ3n) is 2.98. The summed E-state index contributed by atoms with van der Waals surface area (Å²) in [5, 5.41) is 10.3. The molecular formula is C14H11Cl2NO4S. The van der Waals surface area contributed by atoms with Gasteiger partial charge in [0, 0.05) is 11.1 Å². The molecule has 0 fully saturated rings. The van der Waals surface area contributed by atoms with Gasteiger partial charge < -0.3 is 0 Å². The topological polar surface area (TPSA) is 77.3 Å². The molecule has 116 valence electrons. The van der Waals surface area contributed by atoms with E-state index in [0.717, 1.165) is 12.1 Å². The molecule has 1 atom stereocenters. The highest BCUT2D eigenvalue weighted by atomic mass is 35.5. The fraction of sp³-hybridized carbons (Fsp3) is 0.143. The SMILES string of the molecule is O=[N+]([O-])c1cc(Cl)ccc1S(=O)(=O)CC(Cl)c1ccccc1. The van der Waals surface area contributed by atoms with Crippen molar-refractivity contribution in [2.24, 2.45) is 0 Å². The van der Waals surface area contributed by atoms with Crippen molar-refractivity contribution in [3.63, 3.8) is 0 Å². The summed E-state index contributed by atoms with van der Waals surface area (Å²) in [6, 6.07) is 12.1. The van der Waals surface area contributed by atoms with Gasteiger partial charge in [0.25, 0.3) is 5.69 Å². The first-order valence-electron chi connectivity index (χ1n) is 6.17. The Labute approximate surface area is 137 Å². The lowest BCUT2D eigenvalue weighted by Crippen LogP contribution is -2.13. The molecule has 0 bridgehead atoms. The standard InChI is InChI=1S/C14H11Cl2NO4S/c15-11-6-7-14(13(8-11)17(18)19)22(20,21)9-12(16)10-4-2-1-3-5-10/h1-8,12H,9H2. The van der Waals surface area contributed by atoms with E-state index in [9.17, 15) is 18.5 Å². The van der Waals surface area contributed by atoms with Gasteiger partial charge in [0.15, 0.2) is 9.84 Å². The molecule has 0 aliphatic heterocycles. The van der Waals surface area contributed by atoms with Gasteiger partial charge in [-0.15, -0.1) is 11.6 Å². The molecule has 0 amide bonds. The van der Waals surface area contributed by atoms with Gasteiger partial charge in [-0.25, -0.2) is 8.42 Å². The summed E-state index contributed by atoms with van der Waals surface area (Å²) in [7, 11) is -3.93. The predicted molar refractivity (Wildman–Crippen MR) is 85.2 cm³/mol. The second-order valence-corrected chi connectivity index (χ2v) is 7.49. The van der Waals surface area contributed by atoms with Crippen molar-refractivity contribution in [2.75, 3.05) is 5.75 Å². The smallest absolute Gasteiger partial charge is 0.258 e. The molecule has 0 aliphatic carbocycles. The third kappa shape index (κ3) is 3.76. The molecular weight excluding hydrogens is 349 g/mol. The normalized spacial score (nSPS) is 12.8. The highest BCUT2D eigenvalue weighted by molar-refractivity contribution is 7.91. The van der Waals surface area contributed by atoms with Crippen LogP contribution in [0.2, 0.25) is 5.02 Å². The third-order valence-corrected chi connectivity index (χ3v) is 5.59. The summed E-state index contributed by atoms with van der Waals surface area (Å²) in [6.07, 6.45) is 0. The Balaban J connectivity index is 2.37. The second-order valence-electron chi connectivity index (χ2n) is 4.53. The number of halogens is 2. The quantitative estimate of drug-likeness (QED) is 0.459. The van der Waals surface area contributed by atoms with Crippen molar-refractivity contribution in [3.05, 3.63) is 69.2 Å². The number of hydrogen-bond donors (Lipinski definition) is 0. The van der Waals surface area contributed by atoms with Gasteiger partial charge in [0.05, 0.1) is 16.1 Å². The summed E-state index contributed by atoms with van der Waals surface area (Å²) in [4.78, 5) is 9.87. The maximum absolute atomic E-state index is 12.4. The van der Waals surface area contributed by atoms with Crippen molar-refractivity contribution in [3.8, 4) is 0 Å². The van der Waals surface area contributed by atoms with E-state index in [-0.39, 0.29) is 9.92 Å². The number of benzene rings is 2. The van der Waals surface area contributed by atoms with Crippen LogP contribution in [0.1, 0.15) is 10.9 Å². The number of hydrogen-bond acceptors (Lipinski definition) is 4. The number of nitro benzene ring substituents is 1. The summed E-state index contributed by atoms with van der Waals surface area (Å²) in [5.41, 5.74) is 0.0776. The summed E-state index contributed by atoms with van der Waals surface area (Å²) in [5.74, 6) is -0.443. The number of rotatable bonds is 5. The minimum absolute atomic E-state index is 0.0936. The Morgan fingerprint density at radius 1 is 1.14 bits per heavy atom. The first kappa shape index (κ1) is 16.7. The lowest BCUT2D eigenvalue weighted by molar-refractivity contribution is -0.387. The van der Waals surface area contributed by atoms with Gasteiger partial charge >= 0.3 is 0 Å². The molecule has 0 N–H and O–H groups in total. The van der Waals surface area contributed by atoms with Gasteiger partial charge in [-0.1, -0.05) is 41.9 Å². The molecule has 5 nitrogen and oxygen atoms in total. The monoisotopic (exact) mass is 359 g/mol. The average Bonchev–Trinajstić information content (AvgIpc) is 2.47. The van der Waals surface area contributed by atoms with Gasteiger partial charge in [0.2, 0.25) is 0 Å². The number of alkyl halides is 1. The van der Waals surface area contributed by atoms with Gasteiger partial charge in [-0.05, 0) is 17.7 Å². The van der Waals surface area contributed by atoms with Crippen molar-refractivity contribution >= 4 is 38.7 Å². The van der Waals surface area contributed by atoms with E-state index >= 15 is 0 Å². The Kier molecular flexibility index (Phi) is 5.05. The molecule has 0 saturated heterocycles. The van der Waals surface area contributed by atoms with E-state index in [1.165, 1.54) is 6.07 Å². The summed E-state index contributed by atoms with van der Waals surface area (Å²) < 4.78 is 24.8. The van der Waals surface area contributed by atoms with E-state index in [4.69, 9.17) is 23.2 Å². The molecule has 0 heterocycles. The van der Waals surface area contributed by atoms with Crippen LogP contribution in [-0.4, -0.2) is 19.1 Å². The Morgan fingerprint density at radius 3 is 2.36 bits per heavy atom. The molecule has 0 aromatic heterocycles. The molecule has 2 aromatic carbocycles. The van der Waals surface area contributed by atoms with Crippen LogP contribution in [0.25, 0.3) is 0 Å². The highest BCUT2D eigenvalue weighted by Crippen LogP contribution is 2.31.